The lowest BCUT2D eigenvalue weighted by Gasteiger charge is -2.27. The van der Waals surface area contributed by atoms with E-state index in [0.717, 1.165) is 18.2 Å². The van der Waals surface area contributed by atoms with Gasteiger partial charge in [-0.2, -0.15) is 11.8 Å². The first kappa shape index (κ1) is 14.9. The van der Waals surface area contributed by atoms with Crippen LogP contribution in [-0.2, 0) is 0 Å². The van der Waals surface area contributed by atoms with Crippen molar-refractivity contribution in [2.24, 2.45) is 5.92 Å². The number of aryl methyl sites for hydroxylation is 1. The molecule has 0 radical (unpaired) electrons. The van der Waals surface area contributed by atoms with Crippen LogP contribution in [0.15, 0.2) is 18.3 Å². The van der Waals surface area contributed by atoms with Gasteiger partial charge in [-0.15, -0.1) is 0 Å². The first-order chi connectivity index (χ1) is 9.29. The summed E-state index contributed by atoms with van der Waals surface area (Å²) in [5, 5.41) is 3.71. The SMILES string of the molecule is CCCNC(CC1CCSCC1)c1ccc(C)nc1. The number of pyridine rings is 1. The van der Waals surface area contributed by atoms with E-state index in [2.05, 4.69) is 54.2 Å². The number of aromatic nitrogens is 1. The van der Waals surface area contributed by atoms with Crippen LogP contribution in [0.25, 0.3) is 0 Å². The van der Waals surface area contributed by atoms with Gasteiger partial charge in [0.05, 0.1) is 0 Å². The van der Waals surface area contributed by atoms with Crippen LogP contribution in [0, 0.1) is 12.8 Å². The average Bonchev–Trinajstić information content (AvgIpc) is 2.45. The van der Waals surface area contributed by atoms with E-state index in [4.69, 9.17) is 0 Å². The van der Waals surface area contributed by atoms with E-state index >= 15 is 0 Å². The molecule has 1 N–H and O–H groups in total. The van der Waals surface area contributed by atoms with Crippen LogP contribution in [0.4, 0.5) is 0 Å². The number of rotatable bonds is 6. The molecule has 1 aromatic heterocycles. The van der Waals surface area contributed by atoms with Gasteiger partial charge < -0.3 is 5.32 Å². The highest BCUT2D eigenvalue weighted by molar-refractivity contribution is 7.99. The highest BCUT2D eigenvalue weighted by Crippen LogP contribution is 2.30. The van der Waals surface area contributed by atoms with Gasteiger partial charge in [0.1, 0.15) is 0 Å². The summed E-state index contributed by atoms with van der Waals surface area (Å²) in [6, 6.07) is 4.86. The summed E-state index contributed by atoms with van der Waals surface area (Å²) in [7, 11) is 0. The number of hydrogen-bond acceptors (Lipinski definition) is 3. The zero-order valence-electron chi connectivity index (χ0n) is 12.2. The van der Waals surface area contributed by atoms with E-state index in [-0.39, 0.29) is 0 Å². The summed E-state index contributed by atoms with van der Waals surface area (Å²) in [6.07, 6.45) is 7.28. The van der Waals surface area contributed by atoms with Crippen molar-refractivity contribution in [1.82, 2.24) is 10.3 Å². The van der Waals surface area contributed by atoms with E-state index in [1.165, 1.54) is 42.8 Å². The Bertz CT molecular complexity index is 358. The molecule has 0 bridgehead atoms. The molecule has 19 heavy (non-hydrogen) atoms. The molecule has 2 heterocycles. The maximum atomic E-state index is 4.46. The van der Waals surface area contributed by atoms with E-state index in [1.807, 2.05) is 0 Å². The Kier molecular flexibility index (Phi) is 6.18. The van der Waals surface area contributed by atoms with E-state index in [9.17, 15) is 0 Å². The molecule has 0 spiro atoms. The predicted octanol–water partition coefficient (Wildman–Crippen LogP) is 3.96. The van der Waals surface area contributed by atoms with E-state index in [1.54, 1.807) is 0 Å². The lowest BCUT2D eigenvalue weighted by Crippen LogP contribution is -2.26. The summed E-state index contributed by atoms with van der Waals surface area (Å²) in [6.45, 7) is 5.38. The fourth-order valence-corrected chi connectivity index (χ4v) is 3.86. The molecule has 3 heteroatoms. The molecule has 0 aliphatic carbocycles. The summed E-state index contributed by atoms with van der Waals surface area (Å²) >= 11 is 2.11. The Balaban J connectivity index is 1.99. The molecule has 1 unspecified atom stereocenters. The fraction of sp³-hybridized carbons (Fsp3) is 0.688. The summed E-state index contributed by atoms with van der Waals surface area (Å²) in [5.41, 5.74) is 2.46. The highest BCUT2D eigenvalue weighted by atomic mass is 32.2. The summed E-state index contributed by atoms with van der Waals surface area (Å²) in [4.78, 5) is 4.46. The van der Waals surface area contributed by atoms with Gasteiger partial charge in [-0.3, -0.25) is 4.98 Å². The molecular formula is C16H26N2S. The number of nitrogens with zero attached hydrogens (tertiary/aromatic N) is 1. The van der Waals surface area contributed by atoms with Gasteiger partial charge in [0, 0.05) is 17.9 Å². The molecule has 1 atom stereocenters. The largest absolute Gasteiger partial charge is 0.310 e. The van der Waals surface area contributed by atoms with Gasteiger partial charge in [-0.1, -0.05) is 13.0 Å². The van der Waals surface area contributed by atoms with Gasteiger partial charge in [0.15, 0.2) is 0 Å². The third kappa shape index (κ3) is 4.81. The molecule has 106 valence electrons. The van der Waals surface area contributed by atoms with Crippen LogP contribution < -0.4 is 5.32 Å². The predicted molar refractivity (Wildman–Crippen MR) is 84.7 cm³/mol. The van der Waals surface area contributed by atoms with E-state index in [0.29, 0.717) is 6.04 Å². The van der Waals surface area contributed by atoms with E-state index < -0.39 is 0 Å². The Hall–Kier alpha value is -0.540. The quantitative estimate of drug-likeness (QED) is 0.852. The van der Waals surface area contributed by atoms with Crippen molar-refractivity contribution in [2.75, 3.05) is 18.1 Å². The maximum absolute atomic E-state index is 4.46. The molecule has 2 rings (SSSR count). The summed E-state index contributed by atoms with van der Waals surface area (Å²) < 4.78 is 0. The zero-order valence-corrected chi connectivity index (χ0v) is 13.0. The first-order valence-electron chi connectivity index (χ1n) is 7.53. The molecule has 1 saturated heterocycles. The van der Waals surface area contributed by atoms with Crippen molar-refractivity contribution in [3.63, 3.8) is 0 Å². The van der Waals surface area contributed by atoms with Crippen molar-refractivity contribution >= 4 is 11.8 Å². The minimum atomic E-state index is 0.487. The van der Waals surface area contributed by atoms with Gasteiger partial charge in [-0.25, -0.2) is 0 Å². The average molecular weight is 278 g/mol. The van der Waals surface area contributed by atoms with Crippen LogP contribution in [-0.4, -0.2) is 23.0 Å². The third-order valence-corrected chi connectivity index (χ3v) is 4.94. The van der Waals surface area contributed by atoms with Crippen LogP contribution >= 0.6 is 11.8 Å². The topological polar surface area (TPSA) is 24.9 Å². The van der Waals surface area contributed by atoms with Gasteiger partial charge in [0.25, 0.3) is 0 Å². The normalized spacial score (nSPS) is 18.4. The monoisotopic (exact) mass is 278 g/mol. The summed E-state index contributed by atoms with van der Waals surface area (Å²) in [5.74, 6) is 3.58. The molecule has 0 saturated carbocycles. The van der Waals surface area contributed by atoms with Crippen molar-refractivity contribution in [2.45, 2.75) is 45.6 Å². The molecular weight excluding hydrogens is 252 g/mol. The van der Waals surface area contributed by atoms with Gasteiger partial charge in [0.2, 0.25) is 0 Å². The second-order valence-corrected chi connectivity index (χ2v) is 6.76. The molecule has 0 amide bonds. The minimum Gasteiger partial charge on any atom is -0.310 e. The smallest absolute Gasteiger partial charge is 0.0372 e. The van der Waals surface area contributed by atoms with Crippen LogP contribution in [0.5, 0.6) is 0 Å². The Labute approximate surface area is 121 Å². The van der Waals surface area contributed by atoms with Gasteiger partial charge >= 0.3 is 0 Å². The number of hydrogen-bond donors (Lipinski definition) is 1. The lowest BCUT2D eigenvalue weighted by atomic mass is 9.91. The number of thioether (sulfide) groups is 1. The molecule has 1 fully saturated rings. The maximum Gasteiger partial charge on any atom is 0.0372 e. The standard InChI is InChI=1S/C16H26N2S/c1-3-8-17-16(11-14-6-9-19-10-7-14)15-5-4-13(2)18-12-15/h4-5,12,14,16-17H,3,6-11H2,1-2H3. The zero-order chi connectivity index (χ0) is 13.5. The van der Waals surface area contributed by atoms with Crippen molar-refractivity contribution in [3.8, 4) is 0 Å². The van der Waals surface area contributed by atoms with Crippen molar-refractivity contribution in [1.29, 1.82) is 0 Å². The highest BCUT2D eigenvalue weighted by Gasteiger charge is 2.20. The lowest BCUT2D eigenvalue weighted by molar-refractivity contribution is 0.370. The van der Waals surface area contributed by atoms with Crippen LogP contribution in [0.1, 0.15) is 49.9 Å². The second-order valence-electron chi connectivity index (χ2n) is 5.53. The Morgan fingerprint density at radius 2 is 2.16 bits per heavy atom. The second kappa shape index (κ2) is 7.91. The molecule has 0 aromatic carbocycles. The van der Waals surface area contributed by atoms with Crippen molar-refractivity contribution in [3.05, 3.63) is 29.6 Å². The molecule has 1 aromatic rings. The Morgan fingerprint density at radius 1 is 1.37 bits per heavy atom. The first-order valence-corrected chi connectivity index (χ1v) is 8.68. The fourth-order valence-electron chi connectivity index (χ4n) is 2.66. The molecule has 1 aliphatic heterocycles. The van der Waals surface area contributed by atoms with Gasteiger partial charge in [-0.05, 0) is 68.2 Å². The molecule has 1 aliphatic rings. The Morgan fingerprint density at radius 3 is 2.79 bits per heavy atom. The number of nitrogens with one attached hydrogen (secondary N) is 1. The van der Waals surface area contributed by atoms with Crippen molar-refractivity contribution < 1.29 is 0 Å². The van der Waals surface area contributed by atoms with Crippen LogP contribution in [0.2, 0.25) is 0 Å². The minimum absolute atomic E-state index is 0.487. The van der Waals surface area contributed by atoms with Crippen LogP contribution in [0.3, 0.4) is 0 Å². The molecule has 2 nitrogen and oxygen atoms in total. The third-order valence-electron chi connectivity index (χ3n) is 3.89.